The summed E-state index contributed by atoms with van der Waals surface area (Å²) in [5.74, 6) is 0.868. The number of benzene rings is 2. The molecule has 4 aromatic rings. The molecule has 33 heavy (non-hydrogen) atoms. The summed E-state index contributed by atoms with van der Waals surface area (Å²) in [5.41, 5.74) is 2.41. The number of anilines is 1. The molecule has 1 atom stereocenters. The summed E-state index contributed by atoms with van der Waals surface area (Å²) in [4.78, 5) is 19.1. The highest BCUT2D eigenvalue weighted by Gasteiger charge is 2.31. The van der Waals surface area contributed by atoms with Crippen molar-refractivity contribution in [2.75, 3.05) is 11.4 Å². The summed E-state index contributed by atoms with van der Waals surface area (Å²) in [6.45, 7) is 2.08. The minimum absolute atomic E-state index is 0.0981. The number of amidine groups is 1. The molecule has 5 rings (SSSR count). The summed E-state index contributed by atoms with van der Waals surface area (Å²) in [5, 5.41) is 23.0. The molecule has 1 amide bonds. The van der Waals surface area contributed by atoms with Crippen molar-refractivity contribution >= 4 is 44.6 Å². The van der Waals surface area contributed by atoms with E-state index in [0.717, 1.165) is 16.0 Å². The number of hydrogen-bond acceptors (Lipinski definition) is 6. The maximum absolute atomic E-state index is 12.8. The first-order chi connectivity index (χ1) is 16.0. The zero-order chi connectivity index (χ0) is 22.9. The predicted molar refractivity (Wildman–Crippen MR) is 130 cm³/mol. The van der Waals surface area contributed by atoms with Crippen molar-refractivity contribution in [2.24, 2.45) is 0 Å². The average molecular weight is 459 g/mol. The summed E-state index contributed by atoms with van der Waals surface area (Å²) < 4.78 is 6.35. The van der Waals surface area contributed by atoms with Crippen LogP contribution in [0, 0.1) is 5.41 Å². The molecule has 0 saturated carbocycles. The summed E-state index contributed by atoms with van der Waals surface area (Å²) in [7, 11) is 0. The van der Waals surface area contributed by atoms with Gasteiger partial charge in [-0.25, -0.2) is 4.98 Å². The van der Waals surface area contributed by atoms with Gasteiger partial charge in [0.25, 0.3) is 5.91 Å². The van der Waals surface area contributed by atoms with E-state index in [-0.39, 0.29) is 30.1 Å². The normalized spacial score (nSPS) is 14.8. The number of thiazole rings is 1. The van der Waals surface area contributed by atoms with Crippen LogP contribution in [-0.4, -0.2) is 34.4 Å². The number of aromatic nitrogens is 1. The lowest BCUT2D eigenvalue weighted by Gasteiger charge is -2.20. The Hall–Kier alpha value is -3.91. The molecule has 0 fully saturated rings. The fourth-order valence-corrected chi connectivity index (χ4v) is 4.94. The molecule has 7 nitrogen and oxygen atoms in total. The topological polar surface area (TPSA) is 102 Å². The third-order valence-corrected chi connectivity index (χ3v) is 6.55. The van der Waals surface area contributed by atoms with E-state index in [1.807, 2.05) is 49.4 Å². The molecular formula is C25H22N4O3S. The van der Waals surface area contributed by atoms with Gasteiger partial charge in [0, 0.05) is 23.7 Å². The Kier molecular flexibility index (Phi) is 5.43. The first-order valence-electron chi connectivity index (χ1n) is 10.6. The second-order valence-electron chi connectivity index (χ2n) is 7.95. The molecular weight excluding hydrogens is 436 g/mol. The van der Waals surface area contributed by atoms with E-state index in [9.17, 15) is 9.90 Å². The van der Waals surface area contributed by atoms with Gasteiger partial charge in [0.15, 0.2) is 0 Å². The number of aliphatic hydroxyl groups excluding tert-OH is 1. The molecule has 166 valence electrons. The molecule has 0 radical (unpaired) electrons. The molecule has 2 aromatic heterocycles. The highest BCUT2D eigenvalue weighted by Crippen LogP contribution is 2.35. The lowest BCUT2D eigenvalue weighted by Crippen LogP contribution is -2.34. The maximum Gasteiger partial charge on any atom is 0.251 e. The van der Waals surface area contributed by atoms with Gasteiger partial charge in [-0.05, 0) is 49.4 Å². The molecule has 1 aliphatic heterocycles. The first-order valence-corrected chi connectivity index (χ1v) is 11.4. The van der Waals surface area contributed by atoms with Crippen molar-refractivity contribution in [2.45, 2.75) is 19.4 Å². The molecule has 0 bridgehead atoms. The number of nitrogens with zero attached hydrogens (tertiary/aromatic N) is 2. The van der Waals surface area contributed by atoms with Crippen LogP contribution in [0.2, 0.25) is 0 Å². The van der Waals surface area contributed by atoms with E-state index in [1.165, 1.54) is 11.3 Å². The van der Waals surface area contributed by atoms with Crippen LogP contribution >= 0.6 is 11.3 Å². The molecule has 3 N–H and O–H groups in total. The van der Waals surface area contributed by atoms with Gasteiger partial charge in [-0.15, -0.1) is 11.3 Å². The van der Waals surface area contributed by atoms with Gasteiger partial charge < -0.3 is 19.7 Å². The number of furan rings is 1. The number of para-hydroxylation sites is 1. The minimum atomic E-state index is -0.204. The fourth-order valence-electron chi connectivity index (χ4n) is 3.91. The number of carbonyl (C=O) groups is 1. The largest absolute Gasteiger partial charge is 0.510 e. The van der Waals surface area contributed by atoms with Crippen molar-refractivity contribution in [3.8, 4) is 0 Å². The monoisotopic (exact) mass is 458 g/mol. The lowest BCUT2D eigenvalue weighted by atomic mass is 10.1. The zero-order valence-corrected chi connectivity index (χ0v) is 18.7. The molecule has 0 spiro atoms. The Labute approximate surface area is 194 Å². The maximum atomic E-state index is 12.8. The van der Waals surface area contributed by atoms with Gasteiger partial charge in [-0.2, -0.15) is 0 Å². The molecule has 0 aliphatic carbocycles. The predicted octanol–water partition coefficient (Wildman–Crippen LogP) is 5.02. The van der Waals surface area contributed by atoms with Gasteiger partial charge in [0.1, 0.15) is 22.4 Å². The second-order valence-corrected chi connectivity index (χ2v) is 8.98. The lowest BCUT2D eigenvalue weighted by molar-refractivity contribution is 0.0939. The van der Waals surface area contributed by atoms with Crippen LogP contribution in [0.4, 0.5) is 5.69 Å². The Morgan fingerprint density at radius 2 is 2.09 bits per heavy atom. The van der Waals surface area contributed by atoms with E-state index >= 15 is 0 Å². The van der Waals surface area contributed by atoms with Crippen LogP contribution in [0.15, 0.2) is 77.1 Å². The van der Waals surface area contributed by atoms with Gasteiger partial charge in [-0.3, -0.25) is 10.2 Å². The van der Waals surface area contributed by atoms with E-state index in [1.54, 1.807) is 29.4 Å². The van der Waals surface area contributed by atoms with E-state index in [4.69, 9.17) is 9.83 Å². The average Bonchev–Trinajstić information content (AvgIpc) is 3.52. The van der Waals surface area contributed by atoms with Crippen LogP contribution in [0.1, 0.15) is 28.0 Å². The van der Waals surface area contributed by atoms with Crippen molar-refractivity contribution < 1.29 is 14.3 Å². The van der Waals surface area contributed by atoms with Crippen molar-refractivity contribution in [1.29, 1.82) is 5.41 Å². The number of rotatable bonds is 6. The third kappa shape index (κ3) is 4.12. The zero-order valence-electron chi connectivity index (χ0n) is 17.9. The van der Waals surface area contributed by atoms with Gasteiger partial charge in [0.2, 0.25) is 0 Å². The molecule has 0 saturated heterocycles. The van der Waals surface area contributed by atoms with E-state index in [0.29, 0.717) is 28.3 Å². The number of aliphatic hydroxyl groups is 1. The summed E-state index contributed by atoms with van der Waals surface area (Å²) in [6.07, 6.45) is 2.21. The highest BCUT2D eigenvalue weighted by atomic mass is 32.1. The summed E-state index contributed by atoms with van der Waals surface area (Å²) >= 11 is 1.45. The Morgan fingerprint density at radius 1 is 1.24 bits per heavy atom. The third-order valence-electron chi connectivity index (χ3n) is 5.50. The number of nitrogens with one attached hydrogen (secondary N) is 2. The van der Waals surface area contributed by atoms with Gasteiger partial charge >= 0.3 is 0 Å². The first kappa shape index (κ1) is 21.0. The van der Waals surface area contributed by atoms with Crippen molar-refractivity contribution in [3.63, 3.8) is 0 Å². The van der Waals surface area contributed by atoms with Crippen LogP contribution in [0.5, 0.6) is 0 Å². The Bertz CT molecular complexity index is 1340. The Balaban J connectivity index is 1.33. The molecule has 2 aromatic carbocycles. The van der Waals surface area contributed by atoms with Crippen LogP contribution in [0.25, 0.3) is 15.8 Å². The van der Waals surface area contributed by atoms with E-state index < -0.39 is 0 Å². The standard InChI is InChI=1S/C25H22N4O3S/c1-15(12-18-8-5-11-32-18)27-24(31)16-6-4-7-17(13-16)29-14-20(30)22(23(29)26)25-28-19-9-2-3-10-21(19)33-25/h2-11,13,15,26,30H,12,14H2,1H3,(H,27,31). The minimum Gasteiger partial charge on any atom is -0.510 e. The van der Waals surface area contributed by atoms with Crippen LogP contribution < -0.4 is 10.2 Å². The molecule has 1 aliphatic rings. The van der Waals surface area contributed by atoms with Crippen LogP contribution in [0.3, 0.4) is 0 Å². The van der Waals surface area contributed by atoms with E-state index in [2.05, 4.69) is 10.3 Å². The van der Waals surface area contributed by atoms with Gasteiger partial charge in [0.05, 0.1) is 28.6 Å². The summed E-state index contributed by atoms with van der Waals surface area (Å²) in [6, 6.07) is 18.4. The highest BCUT2D eigenvalue weighted by molar-refractivity contribution is 7.19. The van der Waals surface area contributed by atoms with Gasteiger partial charge in [-0.1, -0.05) is 18.2 Å². The Morgan fingerprint density at radius 3 is 2.88 bits per heavy atom. The quantitative estimate of drug-likeness (QED) is 0.377. The van der Waals surface area contributed by atoms with Crippen molar-refractivity contribution in [3.05, 3.63) is 89.0 Å². The number of hydrogen-bond donors (Lipinski definition) is 3. The fraction of sp³-hybridized carbons (Fsp3) is 0.160. The number of carbonyl (C=O) groups excluding carboxylic acids is 1. The number of fused-ring (bicyclic) bond motifs is 1. The second kappa shape index (κ2) is 8.55. The van der Waals surface area contributed by atoms with Crippen molar-refractivity contribution in [1.82, 2.24) is 10.3 Å². The SMILES string of the molecule is CC(Cc1ccco1)NC(=O)c1cccc(N2CC(O)=C(c3nc4ccccc4s3)C2=N)c1. The van der Waals surface area contributed by atoms with Crippen LogP contribution in [-0.2, 0) is 6.42 Å². The molecule has 8 heteroatoms. The smallest absolute Gasteiger partial charge is 0.251 e. The molecule has 3 heterocycles. The molecule has 1 unspecified atom stereocenters. The number of amides is 1.